The molecule has 61 heavy (non-hydrogen) atoms. The molecule has 3 nitrogen and oxygen atoms in total. The molecule has 2 unspecified atom stereocenters. The van der Waals surface area contributed by atoms with Crippen molar-refractivity contribution >= 4 is 33.3 Å². The number of hydrogen-bond donors (Lipinski definition) is 0. The summed E-state index contributed by atoms with van der Waals surface area (Å²) in [7, 11) is 0. The first-order chi connectivity index (χ1) is 30.0. The Balaban J connectivity index is 0.952. The van der Waals surface area contributed by atoms with Crippen molar-refractivity contribution in [1.29, 1.82) is 0 Å². The van der Waals surface area contributed by atoms with E-state index in [1.807, 2.05) is 12.1 Å². The lowest BCUT2D eigenvalue weighted by atomic mass is 9.55. The van der Waals surface area contributed by atoms with Crippen LogP contribution >= 0.6 is 0 Å². The molecular weight excluding hydrogens is 743 g/mol. The van der Waals surface area contributed by atoms with E-state index in [2.05, 4.69) is 207 Å². The maximum absolute atomic E-state index is 6.55. The van der Waals surface area contributed by atoms with Crippen LogP contribution in [-0.2, 0) is 10.8 Å². The summed E-state index contributed by atoms with van der Waals surface area (Å²) in [6.07, 6.45) is 6.77. The summed E-state index contributed by atoms with van der Waals surface area (Å²) in [4.78, 5) is 2.36. The minimum absolute atomic E-state index is 0.0823. The van der Waals surface area contributed by atoms with Gasteiger partial charge in [0.2, 0.25) is 0 Å². The van der Waals surface area contributed by atoms with Gasteiger partial charge in [-0.25, -0.2) is 0 Å². The SMILES string of the molecule is CC1(C)c2ccccc2C2(c3ccccc3-c3ccc(-c4ccc(N(C5=CC6Oc7ccccc7C6C=C5)c5ccc6oc7ccccc7c6c5)cc4)cc32)c2ccccc21. The summed E-state index contributed by atoms with van der Waals surface area (Å²) < 4.78 is 12.8. The Morgan fingerprint density at radius 1 is 0.492 bits per heavy atom. The van der Waals surface area contributed by atoms with Crippen molar-refractivity contribution in [3.8, 4) is 28.0 Å². The number of rotatable bonds is 4. The first kappa shape index (κ1) is 34.5. The number of furan rings is 1. The van der Waals surface area contributed by atoms with Crippen LogP contribution in [0.15, 0.2) is 210 Å². The van der Waals surface area contributed by atoms with Gasteiger partial charge in [-0.3, -0.25) is 0 Å². The maximum atomic E-state index is 6.55. The average molecular weight is 784 g/mol. The standard InChI is InChI=1S/C58H41NO2/c1-57(2)48-17-7-9-19-50(48)58(51-20-10-8-18-49(51)57)47-16-6-3-13-41(47)42-30-25-37(33-52(42)58)36-23-26-38(27-24-36)59(39-29-32-55-46(34-39)44-15-5-12-22-54(44)60-55)40-28-31-45-43-14-4-11-21-53(43)61-56(45)35-40/h3-35,45,56H,1-2H3. The molecule has 9 aromatic rings. The van der Waals surface area contributed by atoms with Crippen LogP contribution in [0.1, 0.15) is 58.7 Å². The van der Waals surface area contributed by atoms with Crippen molar-refractivity contribution < 1.29 is 9.15 Å². The van der Waals surface area contributed by atoms with Gasteiger partial charge < -0.3 is 14.1 Å². The lowest BCUT2D eigenvalue weighted by Gasteiger charge is -2.46. The highest BCUT2D eigenvalue weighted by Crippen LogP contribution is 2.62. The lowest BCUT2D eigenvalue weighted by Crippen LogP contribution is -2.40. The van der Waals surface area contributed by atoms with Gasteiger partial charge in [0.25, 0.3) is 0 Å². The average Bonchev–Trinajstić information content (AvgIpc) is 3.97. The smallest absolute Gasteiger partial charge is 0.135 e. The van der Waals surface area contributed by atoms with Crippen molar-refractivity contribution in [1.82, 2.24) is 0 Å². The summed E-state index contributed by atoms with van der Waals surface area (Å²) >= 11 is 0. The summed E-state index contributed by atoms with van der Waals surface area (Å²) in [6.45, 7) is 4.76. The summed E-state index contributed by atoms with van der Waals surface area (Å²) in [6, 6.07) is 66.9. The van der Waals surface area contributed by atoms with Crippen LogP contribution in [0.25, 0.3) is 44.2 Å². The maximum Gasteiger partial charge on any atom is 0.135 e. The highest BCUT2D eigenvalue weighted by atomic mass is 16.5. The van der Waals surface area contributed by atoms with E-state index in [4.69, 9.17) is 9.15 Å². The molecular formula is C58H41NO2. The van der Waals surface area contributed by atoms with Gasteiger partial charge in [-0.05, 0) is 116 Å². The molecule has 0 saturated carbocycles. The van der Waals surface area contributed by atoms with E-state index in [0.29, 0.717) is 0 Å². The van der Waals surface area contributed by atoms with Crippen LogP contribution in [0.2, 0.25) is 0 Å². The number of nitrogens with zero attached hydrogens (tertiary/aromatic N) is 1. The third kappa shape index (κ3) is 4.75. The van der Waals surface area contributed by atoms with Gasteiger partial charge in [-0.15, -0.1) is 0 Å². The molecule has 4 aliphatic rings. The molecule has 0 bridgehead atoms. The molecule has 0 fully saturated rings. The highest BCUT2D eigenvalue weighted by Gasteiger charge is 2.53. The second kappa shape index (κ2) is 12.6. The third-order valence-electron chi connectivity index (χ3n) is 14.1. The fourth-order valence-corrected chi connectivity index (χ4v) is 11.3. The monoisotopic (exact) mass is 783 g/mol. The lowest BCUT2D eigenvalue weighted by molar-refractivity contribution is 0.267. The zero-order chi connectivity index (χ0) is 40.5. The Bertz CT molecular complexity index is 3290. The van der Waals surface area contributed by atoms with Gasteiger partial charge in [-0.1, -0.05) is 153 Å². The molecule has 13 rings (SSSR count). The molecule has 2 atom stereocenters. The van der Waals surface area contributed by atoms with Gasteiger partial charge in [0.05, 0.1) is 5.41 Å². The number of anilines is 2. The topological polar surface area (TPSA) is 25.6 Å². The predicted octanol–water partition coefficient (Wildman–Crippen LogP) is 14.4. The number of fused-ring (bicyclic) bond motifs is 15. The number of ether oxygens (including phenoxy) is 1. The van der Waals surface area contributed by atoms with Crippen LogP contribution in [0, 0.1) is 0 Å². The Kier molecular flexibility index (Phi) is 7.11. The van der Waals surface area contributed by atoms with E-state index < -0.39 is 5.41 Å². The van der Waals surface area contributed by atoms with Gasteiger partial charge in [-0.2, -0.15) is 0 Å². The normalized spacial score (nSPS) is 18.1. The highest BCUT2D eigenvalue weighted by molar-refractivity contribution is 6.06. The molecule has 3 aliphatic carbocycles. The summed E-state index contributed by atoms with van der Waals surface area (Å²) in [5, 5.41) is 2.21. The van der Waals surface area contributed by atoms with E-state index in [-0.39, 0.29) is 17.4 Å². The number of para-hydroxylation sites is 2. The zero-order valence-electron chi connectivity index (χ0n) is 34.0. The number of hydrogen-bond acceptors (Lipinski definition) is 3. The van der Waals surface area contributed by atoms with Gasteiger partial charge in [0, 0.05) is 44.7 Å². The molecule has 1 aliphatic heterocycles. The molecule has 1 spiro atoms. The molecule has 2 heterocycles. The largest absolute Gasteiger partial charge is 0.485 e. The third-order valence-corrected chi connectivity index (χ3v) is 14.1. The number of benzene rings is 8. The molecule has 3 heteroatoms. The van der Waals surface area contributed by atoms with Crippen molar-refractivity contribution in [2.24, 2.45) is 0 Å². The molecule has 0 N–H and O–H groups in total. The van der Waals surface area contributed by atoms with Crippen LogP contribution in [0.5, 0.6) is 5.75 Å². The van der Waals surface area contributed by atoms with Crippen molar-refractivity contribution in [3.63, 3.8) is 0 Å². The van der Waals surface area contributed by atoms with E-state index in [1.54, 1.807) is 0 Å². The predicted molar refractivity (Wildman–Crippen MR) is 248 cm³/mol. The zero-order valence-corrected chi connectivity index (χ0v) is 34.0. The minimum Gasteiger partial charge on any atom is -0.485 e. The molecule has 8 aromatic carbocycles. The van der Waals surface area contributed by atoms with Crippen molar-refractivity contribution in [2.45, 2.75) is 36.7 Å². The van der Waals surface area contributed by atoms with E-state index >= 15 is 0 Å². The molecule has 1 aromatic heterocycles. The van der Waals surface area contributed by atoms with E-state index in [0.717, 1.165) is 44.8 Å². The molecule has 0 radical (unpaired) electrons. The molecule has 290 valence electrons. The van der Waals surface area contributed by atoms with Crippen molar-refractivity contribution in [2.75, 3.05) is 4.90 Å². The Morgan fingerprint density at radius 3 is 1.92 bits per heavy atom. The Hall–Kier alpha value is -7.36. The Morgan fingerprint density at radius 2 is 1.11 bits per heavy atom. The molecule has 0 amide bonds. The fourth-order valence-electron chi connectivity index (χ4n) is 11.3. The fraction of sp³-hybridized carbons (Fsp3) is 0.103. The van der Waals surface area contributed by atoms with Crippen molar-refractivity contribution in [3.05, 3.63) is 245 Å². The first-order valence-corrected chi connectivity index (χ1v) is 21.4. The van der Waals surface area contributed by atoms with Crippen LogP contribution in [-0.4, -0.2) is 6.10 Å². The van der Waals surface area contributed by atoms with Gasteiger partial charge in [0.15, 0.2) is 0 Å². The minimum atomic E-state index is -0.434. The summed E-state index contributed by atoms with van der Waals surface area (Å²) in [5.41, 5.74) is 18.9. The van der Waals surface area contributed by atoms with E-state index in [9.17, 15) is 0 Å². The van der Waals surface area contributed by atoms with Crippen LogP contribution in [0.4, 0.5) is 11.4 Å². The molecule has 0 saturated heterocycles. The van der Waals surface area contributed by atoms with Crippen LogP contribution < -0.4 is 9.64 Å². The van der Waals surface area contributed by atoms with E-state index in [1.165, 1.54) is 61.2 Å². The summed E-state index contributed by atoms with van der Waals surface area (Å²) in [5.74, 6) is 1.15. The van der Waals surface area contributed by atoms with Crippen LogP contribution in [0.3, 0.4) is 0 Å². The Labute approximate surface area is 355 Å². The first-order valence-electron chi connectivity index (χ1n) is 21.4. The second-order valence-electron chi connectivity index (χ2n) is 17.5. The van der Waals surface area contributed by atoms with Gasteiger partial charge >= 0.3 is 0 Å². The van der Waals surface area contributed by atoms with Gasteiger partial charge in [0.1, 0.15) is 23.0 Å². The number of allylic oxidation sites excluding steroid dienone is 1. The quantitative estimate of drug-likeness (QED) is 0.178. The second-order valence-corrected chi connectivity index (χ2v) is 17.5.